The highest BCUT2D eigenvalue weighted by molar-refractivity contribution is 5.88. The van der Waals surface area contributed by atoms with Crippen LogP contribution in [0.5, 0.6) is 0 Å². The van der Waals surface area contributed by atoms with E-state index in [0.29, 0.717) is 6.04 Å². The molecule has 0 unspecified atom stereocenters. The minimum atomic E-state index is 0.627. The summed E-state index contributed by atoms with van der Waals surface area (Å²) in [6.45, 7) is 2.25. The topological polar surface area (TPSA) is 12.4 Å². The standard InChI is InChI=1S/C11H19N/c1-9-7-8-11(12-9)10-5-3-2-4-6-10/h9-10H,2-8H2,1H3/t9-/m0/s1. The SMILES string of the molecule is C[C@H]1CCC(C2CCCCC2)=N1. The van der Waals surface area contributed by atoms with Gasteiger partial charge in [-0.05, 0) is 38.5 Å². The van der Waals surface area contributed by atoms with Crippen molar-refractivity contribution in [2.75, 3.05) is 0 Å². The molecule has 1 aliphatic carbocycles. The molecule has 0 aromatic heterocycles. The van der Waals surface area contributed by atoms with E-state index in [9.17, 15) is 0 Å². The number of hydrogen-bond acceptors (Lipinski definition) is 1. The molecule has 1 heterocycles. The highest BCUT2D eigenvalue weighted by Crippen LogP contribution is 2.29. The Morgan fingerprint density at radius 2 is 1.83 bits per heavy atom. The van der Waals surface area contributed by atoms with E-state index in [1.165, 1.54) is 44.9 Å². The van der Waals surface area contributed by atoms with Crippen molar-refractivity contribution < 1.29 is 0 Å². The molecule has 0 spiro atoms. The molecule has 1 atom stereocenters. The van der Waals surface area contributed by atoms with Gasteiger partial charge in [0.15, 0.2) is 0 Å². The molecule has 0 saturated heterocycles. The van der Waals surface area contributed by atoms with Crippen molar-refractivity contribution >= 4 is 5.71 Å². The summed E-state index contributed by atoms with van der Waals surface area (Å²) in [5, 5.41) is 0. The number of rotatable bonds is 1. The molecule has 2 aliphatic rings. The second-order valence-corrected chi connectivity index (χ2v) is 4.34. The van der Waals surface area contributed by atoms with E-state index in [-0.39, 0.29) is 0 Å². The van der Waals surface area contributed by atoms with Gasteiger partial charge in [-0.2, -0.15) is 0 Å². The Balaban J connectivity index is 1.94. The maximum atomic E-state index is 4.73. The molecule has 0 aromatic rings. The van der Waals surface area contributed by atoms with Crippen molar-refractivity contribution in [2.24, 2.45) is 10.9 Å². The third-order valence-electron chi connectivity index (χ3n) is 3.28. The van der Waals surface area contributed by atoms with Crippen LogP contribution in [0, 0.1) is 5.92 Å². The Bertz CT molecular complexity index is 177. The lowest BCUT2D eigenvalue weighted by atomic mass is 9.85. The summed E-state index contributed by atoms with van der Waals surface area (Å²) in [5.74, 6) is 0.878. The van der Waals surface area contributed by atoms with E-state index in [1.54, 1.807) is 5.71 Å². The quantitative estimate of drug-likeness (QED) is 0.566. The maximum absolute atomic E-state index is 4.73. The molecule has 2 rings (SSSR count). The average molecular weight is 165 g/mol. The largest absolute Gasteiger partial charge is 0.291 e. The summed E-state index contributed by atoms with van der Waals surface area (Å²) in [4.78, 5) is 4.73. The summed E-state index contributed by atoms with van der Waals surface area (Å²) in [6, 6.07) is 0.627. The first kappa shape index (κ1) is 8.28. The van der Waals surface area contributed by atoms with Crippen molar-refractivity contribution in [3.8, 4) is 0 Å². The summed E-state index contributed by atoms with van der Waals surface area (Å²) >= 11 is 0. The minimum Gasteiger partial charge on any atom is -0.291 e. The predicted molar refractivity (Wildman–Crippen MR) is 52.7 cm³/mol. The summed E-state index contributed by atoms with van der Waals surface area (Å²) in [6.07, 6.45) is 9.80. The first-order valence-corrected chi connectivity index (χ1v) is 5.43. The Kier molecular flexibility index (Phi) is 2.48. The highest BCUT2D eigenvalue weighted by Gasteiger charge is 2.23. The lowest BCUT2D eigenvalue weighted by molar-refractivity contribution is 0.437. The molecule has 0 radical (unpaired) electrons. The first-order valence-electron chi connectivity index (χ1n) is 5.43. The number of aliphatic imine (C=N–C) groups is 1. The molecule has 1 fully saturated rings. The molecule has 68 valence electrons. The zero-order valence-electron chi connectivity index (χ0n) is 8.05. The summed E-state index contributed by atoms with van der Waals surface area (Å²) < 4.78 is 0. The van der Waals surface area contributed by atoms with Crippen LogP contribution in [-0.4, -0.2) is 11.8 Å². The normalized spacial score (nSPS) is 32.1. The summed E-state index contributed by atoms with van der Waals surface area (Å²) in [5.41, 5.74) is 1.56. The molecular weight excluding hydrogens is 146 g/mol. The predicted octanol–water partition coefficient (Wildman–Crippen LogP) is 3.19. The molecule has 1 aliphatic heterocycles. The van der Waals surface area contributed by atoms with Crippen molar-refractivity contribution in [2.45, 2.75) is 57.9 Å². The fraction of sp³-hybridized carbons (Fsp3) is 0.909. The zero-order valence-corrected chi connectivity index (χ0v) is 8.05. The van der Waals surface area contributed by atoms with E-state index < -0.39 is 0 Å². The fourth-order valence-corrected chi connectivity index (χ4v) is 2.51. The highest BCUT2D eigenvalue weighted by atomic mass is 14.8. The monoisotopic (exact) mass is 165 g/mol. The molecule has 0 amide bonds. The second-order valence-electron chi connectivity index (χ2n) is 4.34. The fourth-order valence-electron chi connectivity index (χ4n) is 2.51. The van der Waals surface area contributed by atoms with Crippen molar-refractivity contribution in [1.29, 1.82) is 0 Å². The van der Waals surface area contributed by atoms with Crippen LogP contribution in [0.4, 0.5) is 0 Å². The van der Waals surface area contributed by atoms with Gasteiger partial charge in [0.1, 0.15) is 0 Å². The van der Waals surface area contributed by atoms with Crippen LogP contribution in [0.1, 0.15) is 51.9 Å². The third-order valence-corrected chi connectivity index (χ3v) is 3.28. The lowest BCUT2D eigenvalue weighted by Crippen LogP contribution is -2.15. The Morgan fingerprint density at radius 1 is 1.08 bits per heavy atom. The number of hydrogen-bond donors (Lipinski definition) is 0. The molecule has 0 bridgehead atoms. The number of nitrogens with zero attached hydrogens (tertiary/aromatic N) is 1. The van der Waals surface area contributed by atoms with Crippen LogP contribution < -0.4 is 0 Å². The lowest BCUT2D eigenvalue weighted by Gasteiger charge is -2.21. The van der Waals surface area contributed by atoms with Gasteiger partial charge in [-0.15, -0.1) is 0 Å². The zero-order chi connectivity index (χ0) is 8.39. The van der Waals surface area contributed by atoms with Gasteiger partial charge in [0.2, 0.25) is 0 Å². The van der Waals surface area contributed by atoms with Gasteiger partial charge in [-0.25, -0.2) is 0 Å². The van der Waals surface area contributed by atoms with Gasteiger partial charge in [0, 0.05) is 11.8 Å². The third kappa shape index (κ3) is 1.70. The first-order chi connectivity index (χ1) is 5.86. The van der Waals surface area contributed by atoms with Gasteiger partial charge in [0.05, 0.1) is 0 Å². The van der Waals surface area contributed by atoms with Gasteiger partial charge >= 0.3 is 0 Å². The molecule has 1 heteroatoms. The minimum absolute atomic E-state index is 0.627. The Labute approximate surface area is 75.3 Å². The van der Waals surface area contributed by atoms with Gasteiger partial charge < -0.3 is 0 Å². The van der Waals surface area contributed by atoms with E-state index in [4.69, 9.17) is 4.99 Å². The van der Waals surface area contributed by atoms with Crippen LogP contribution in [-0.2, 0) is 0 Å². The van der Waals surface area contributed by atoms with Crippen LogP contribution in [0.15, 0.2) is 4.99 Å². The molecule has 0 aromatic carbocycles. The second kappa shape index (κ2) is 3.59. The van der Waals surface area contributed by atoms with Crippen LogP contribution in [0.25, 0.3) is 0 Å². The van der Waals surface area contributed by atoms with E-state index >= 15 is 0 Å². The molecule has 0 N–H and O–H groups in total. The Morgan fingerprint density at radius 3 is 2.42 bits per heavy atom. The van der Waals surface area contributed by atoms with E-state index in [1.807, 2.05) is 0 Å². The van der Waals surface area contributed by atoms with Crippen molar-refractivity contribution in [3.05, 3.63) is 0 Å². The van der Waals surface area contributed by atoms with Crippen molar-refractivity contribution in [3.63, 3.8) is 0 Å². The van der Waals surface area contributed by atoms with Crippen LogP contribution in [0.2, 0.25) is 0 Å². The van der Waals surface area contributed by atoms with Crippen molar-refractivity contribution in [1.82, 2.24) is 0 Å². The van der Waals surface area contributed by atoms with Crippen LogP contribution >= 0.6 is 0 Å². The van der Waals surface area contributed by atoms with E-state index in [2.05, 4.69) is 6.92 Å². The average Bonchev–Trinajstić information content (AvgIpc) is 2.54. The Hall–Kier alpha value is -0.330. The van der Waals surface area contributed by atoms with E-state index in [0.717, 1.165) is 5.92 Å². The summed E-state index contributed by atoms with van der Waals surface area (Å²) in [7, 11) is 0. The van der Waals surface area contributed by atoms with Crippen LogP contribution in [0.3, 0.4) is 0 Å². The molecule has 1 saturated carbocycles. The maximum Gasteiger partial charge on any atom is 0.0474 e. The van der Waals surface area contributed by atoms with Gasteiger partial charge in [-0.3, -0.25) is 4.99 Å². The smallest absolute Gasteiger partial charge is 0.0474 e. The molecule has 12 heavy (non-hydrogen) atoms. The molecular formula is C11H19N. The molecule has 1 nitrogen and oxygen atoms in total. The van der Waals surface area contributed by atoms with Gasteiger partial charge in [-0.1, -0.05) is 19.3 Å². The van der Waals surface area contributed by atoms with Gasteiger partial charge in [0.25, 0.3) is 0 Å².